The molecular formula is C22H32N6OS. The smallest absolute Gasteiger partial charge is 0.194 e. The Balaban J connectivity index is 1.59. The summed E-state index contributed by atoms with van der Waals surface area (Å²) in [7, 11) is 3.76. The molecule has 0 radical (unpaired) electrons. The highest BCUT2D eigenvalue weighted by Crippen LogP contribution is 2.21. The van der Waals surface area contributed by atoms with Crippen LogP contribution in [-0.4, -0.2) is 52.6 Å². The second kappa shape index (κ2) is 10.5. The van der Waals surface area contributed by atoms with Gasteiger partial charge in [0.05, 0.1) is 23.3 Å². The second-order valence-corrected chi connectivity index (χ2v) is 8.19. The number of imidazole rings is 1. The van der Waals surface area contributed by atoms with Gasteiger partial charge < -0.3 is 19.5 Å². The normalized spacial score (nSPS) is 13.0. The molecule has 0 aliphatic carbocycles. The first-order chi connectivity index (χ1) is 14.5. The van der Waals surface area contributed by atoms with Crippen LogP contribution in [0.15, 0.2) is 34.6 Å². The Labute approximate surface area is 182 Å². The lowest BCUT2D eigenvalue weighted by Crippen LogP contribution is -2.38. The molecule has 8 heteroatoms. The summed E-state index contributed by atoms with van der Waals surface area (Å²) in [6.07, 6.45) is 0.981. The van der Waals surface area contributed by atoms with Crippen molar-refractivity contribution in [1.82, 2.24) is 24.8 Å². The first-order valence-electron chi connectivity index (χ1n) is 10.4. The number of hydrogen-bond acceptors (Lipinski definition) is 5. The highest BCUT2D eigenvalue weighted by atomic mass is 32.1. The van der Waals surface area contributed by atoms with Crippen LogP contribution in [0.4, 0.5) is 0 Å². The van der Waals surface area contributed by atoms with E-state index in [2.05, 4.69) is 57.2 Å². The summed E-state index contributed by atoms with van der Waals surface area (Å²) < 4.78 is 7.64. The summed E-state index contributed by atoms with van der Waals surface area (Å²) in [6.45, 7) is 9.37. The van der Waals surface area contributed by atoms with Crippen LogP contribution in [0, 0.1) is 6.92 Å². The number of thiazole rings is 1. The zero-order valence-electron chi connectivity index (χ0n) is 18.6. The van der Waals surface area contributed by atoms with Crippen LogP contribution < -0.4 is 5.32 Å². The largest absolute Gasteiger partial charge is 0.375 e. The summed E-state index contributed by atoms with van der Waals surface area (Å²) in [5, 5.41) is 6.49. The van der Waals surface area contributed by atoms with Gasteiger partial charge in [-0.05, 0) is 39.3 Å². The molecular weight excluding hydrogens is 396 g/mol. The standard InChI is InChI=1S/C22H32N6OS/c1-6-23-22(27(4)14-18-15-30-21(26-18)16(2)29-5)24-12-9-13-28-17(3)25-19-10-7-8-11-20(19)28/h7-8,10-11,15-16H,6,9,12-14H2,1-5H3,(H,23,24). The quantitative estimate of drug-likeness (QED) is 0.317. The van der Waals surface area contributed by atoms with Gasteiger partial charge >= 0.3 is 0 Å². The van der Waals surface area contributed by atoms with Crippen LogP contribution in [-0.2, 0) is 17.8 Å². The number of para-hydroxylation sites is 2. The Kier molecular flexibility index (Phi) is 7.81. The zero-order chi connectivity index (χ0) is 21.5. The number of aliphatic imine (C=N–C) groups is 1. The van der Waals surface area contributed by atoms with Crippen molar-refractivity contribution in [2.24, 2.45) is 4.99 Å². The molecule has 0 fully saturated rings. The van der Waals surface area contributed by atoms with Crippen molar-refractivity contribution in [3.05, 3.63) is 46.2 Å². The van der Waals surface area contributed by atoms with E-state index in [1.807, 2.05) is 20.0 Å². The van der Waals surface area contributed by atoms with E-state index in [0.717, 1.165) is 54.1 Å². The Morgan fingerprint density at radius 3 is 2.90 bits per heavy atom. The minimum absolute atomic E-state index is 0.0266. The Bertz CT molecular complexity index is 979. The van der Waals surface area contributed by atoms with Crippen LogP contribution in [0.5, 0.6) is 0 Å². The van der Waals surface area contributed by atoms with E-state index in [9.17, 15) is 0 Å². The van der Waals surface area contributed by atoms with Crippen molar-refractivity contribution >= 4 is 28.3 Å². The summed E-state index contributed by atoms with van der Waals surface area (Å²) in [4.78, 5) is 16.3. The lowest BCUT2D eigenvalue weighted by Gasteiger charge is -2.21. The van der Waals surface area contributed by atoms with Gasteiger partial charge in [-0.15, -0.1) is 11.3 Å². The van der Waals surface area contributed by atoms with Crippen molar-refractivity contribution in [2.75, 3.05) is 27.2 Å². The molecule has 0 amide bonds. The molecule has 0 saturated carbocycles. The van der Waals surface area contributed by atoms with Gasteiger partial charge in [-0.3, -0.25) is 4.99 Å². The Hall–Kier alpha value is -2.45. The summed E-state index contributed by atoms with van der Waals surface area (Å²) >= 11 is 1.64. The number of rotatable bonds is 9. The molecule has 1 N–H and O–H groups in total. The van der Waals surface area contributed by atoms with E-state index >= 15 is 0 Å². The zero-order valence-corrected chi connectivity index (χ0v) is 19.4. The van der Waals surface area contributed by atoms with E-state index < -0.39 is 0 Å². The molecule has 162 valence electrons. The second-order valence-electron chi connectivity index (χ2n) is 7.30. The maximum atomic E-state index is 5.36. The van der Waals surface area contributed by atoms with Gasteiger partial charge in [0.2, 0.25) is 0 Å². The van der Waals surface area contributed by atoms with E-state index in [4.69, 9.17) is 14.7 Å². The monoisotopic (exact) mass is 428 g/mol. The predicted molar refractivity (Wildman–Crippen MR) is 124 cm³/mol. The van der Waals surface area contributed by atoms with Gasteiger partial charge in [-0.1, -0.05) is 12.1 Å². The van der Waals surface area contributed by atoms with Crippen molar-refractivity contribution in [1.29, 1.82) is 0 Å². The van der Waals surface area contributed by atoms with Crippen LogP contribution in [0.2, 0.25) is 0 Å². The third-order valence-electron chi connectivity index (χ3n) is 5.01. The molecule has 2 heterocycles. The third kappa shape index (κ3) is 5.37. The minimum Gasteiger partial charge on any atom is -0.375 e. The molecule has 7 nitrogen and oxygen atoms in total. The molecule has 1 atom stereocenters. The average Bonchev–Trinajstić information content (AvgIpc) is 3.33. The molecule has 30 heavy (non-hydrogen) atoms. The van der Waals surface area contributed by atoms with Crippen LogP contribution in [0.25, 0.3) is 11.0 Å². The molecule has 2 aromatic heterocycles. The van der Waals surface area contributed by atoms with Gasteiger partial charge in [0.15, 0.2) is 5.96 Å². The Morgan fingerprint density at radius 2 is 2.13 bits per heavy atom. The van der Waals surface area contributed by atoms with Crippen molar-refractivity contribution in [2.45, 2.75) is 46.4 Å². The SMILES string of the molecule is CCNC(=NCCCn1c(C)nc2ccccc21)N(C)Cc1csc(C(C)OC)n1. The number of benzene rings is 1. The predicted octanol–water partition coefficient (Wildman–Crippen LogP) is 4.00. The number of nitrogens with one attached hydrogen (secondary N) is 1. The summed E-state index contributed by atoms with van der Waals surface area (Å²) in [5.74, 6) is 1.95. The molecule has 1 unspecified atom stereocenters. The van der Waals surface area contributed by atoms with E-state index in [1.165, 1.54) is 5.52 Å². The fraction of sp³-hybridized carbons (Fsp3) is 0.500. The summed E-state index contributed by atoms with van der Waals surface area (Å²) in [5.41, 5.74) is 3.28. The number of aryl methyl sites for hydroxylation is 2. The van der Waals surface area contributed by atoms with Gasteiger partial charge in [-0.25, -0.2) is 9.97 Å². The van der Waals surface area contributed by atoms with Gasteiger partial charge in [-0.2, -0.15) is 0 Å². The molecule has 0 aliphatic rings. The average molecular weight is 429 g/mol. The first kappa shape index (κ1) is 22.2. The molecule has 0 bridgehead atoms. The van der Waals surface area contributed by atoms with Crippen molar-refractivity contribution in [3.63, 3.8) is 0 Å². The molecule has 3 aromatic rings. The van der Waals surface area contributed by atoms with Gasteiger partial charge in [0.1, 0.15) is 16.9 Å². The van der Waals surface area contributed by atoms with Gasteiger partial charge in [0, 0.05) is 39.2 Å². The number of nitrogens with zero attached hydrogens (tertiary/aromatic N) is 5. The lowest BCUT2D eigenvalue weighted by molar-refractivity contribution is 0.119. The lowest BCUT2D eigenvalue weighted by atomic mass is 10.3. The van der Waals surface area contributed by atoms with Gasteiger partial charge in [0.25, 0.3) is 0 Å². The minimum atomic E-state index is 0.0266. The number of hydrogen-bond donors (Lipinski definition) is 1. The van der Waals surface area contributed by atoms with Crippen LogP contribution in [0.3, 0.4) is 0 Å². The van der Waals surface area contributed by atoms with Crippen LogP contribution in [0.1, 0.15) is 42.9 Å². The number of methoxy groups -OCH3 is 1. The van der Waals surface area contributed by atoms with Crippen molar-refractivity contribution < 1.29 is 4.74 Å². The fourth-order valence-corrected chi connectivity index (χ4v) is 4.20. The number of ether oxygens (including phenoxy) is 1. The fourth-order valence-electron chi connectivity index (χ4n) is 3.36. The number of guanidine groups is 1. The highest BCUT2D eigenvalue weighted by Gasteiger charge is 2.13. The Morgan fingerprint density at radius 1 is 1.33 bits per heavy atom. The maximum absolute atomic E-state index is 5.36. The van der Waals surface area contributed by atoms with E-state index in [-0.39, 0.29) is 6.10 Å². The van der Waals surface area contributed by atoms with E-state index in [1.54, 1.807) is 18.4 Å². The molecule has 3 rings (SSSR count). The van der Waals surface area contributed by atoms with E-state index in [0.29, 0.717) is 6.54 Å². The molecule has 0 aliphatic heterocycles. The number of fused-ring (bicyclic) bond motifs is 1. The molecule has 0 spiro atoms. The first-order valence-corrected chi connectivity index (χ1v) is 11.3. The third-order valence-corrected chi connectivity index (χ3v) is 6.07. The summed E-state index contributed by atoms with van der Waals surface area (Å²) in [6, 6.07) is 8.28. The highest BCUT2D eigenvalue weighted by molar-refractivity contribution is 7.09. The molecule has 0 saturated heterocycles. The van der Waals surface area contributed by atoms with Crippen molar-refractivity contribution in [3.8, 4) is 0 Å². The molecule has 1 aromatic carbocycles. The topological polar surface area (TPSA) is 67.6 Å². The maximum Gasteiger partial charge on any atom is 0.194 e. The van der Waals surface area contributed by atoms with Crippen LogP contribution >= 0.6 is 11.3 Å². The number of aromatic nitrogens is 3.